The monoisotopic (exact) mass is 370 g/mol. The van der Waals surface area contributed by atoms with Crippen LogP contribution < -0.4 is 5.32 Å². The first-order chi connectivity index (χ1) is 12.5. The zero-order chi connectivity index (χ0) is 18.3. The molecule has 1 aliphatic carbocycles. The summed E-state index contributed by atoms with van der Waals surface area (Å²) < 4.78 is 0. The lowest BCUT2D eigenvalue weighted by atomic mass is 9.94. The van der Waals surface area contributed by atoms with Gasteiger partial charge in [-0.15, -0.1) is 10.2 Å². The lowest BCUT2D eigenvalue weighted by molar-refractivity contribution is 0.0549. The molecule has 0 radical (unpaired) electrons. The second-order valence-electron chi connectivity index (χ2n) is 6.61. The highest BCUT2D eigenvalue weighted by atomic mass is 32.1. The summed E-state index contributed by atoms with van der Waals surface area (Å²) >= 11 is 1.27. The van der Waals surface area contributed by atoms with Crippen molar-refractivity contribution in [3.05, 3.63) is 39.9 Å². The number of amides is 3. The predicted molar refractivity (Wildman–Crippen MR) is 96.4 cm³/mol. The molecule has 1 fully saturated rings. The number of aromatic nitrogens is 2. The van der Waals surface area contributed by atoms with Crippen LogP contribution in [0, 0.1) is 6.92 Å². The van der Waals surface area contributed by atoms with Crippen molar-refractivity contribution >= 4 is 34.2 Å². The third kappa shape index (κ3) is 2.90. The molecule has 2 heterocycles. The normalized spacial score (nSPS) is 17.5. The number of aryl methyl sites for hydroxylation is 1. The van der Waals surface area contributed by atoms with Gasteiger partial charge in [0.15, 0.2) is 0 Å². The van der Waals surface area contributed by atoms with Crippen LogP contribution in [0.15, 0.2) is 18.2 Å². The Hall–Kier alpha value is -2.61. The predicted octanol–water partition coefficient (Wildman–Crippen LogP) is 3.03. The van der Waals surface area contributed by atoms with Crippen LogP contribution in [0.5, 0.6) is 0 Å². The zero-order valence-corrected chi connectivity index (χ0v) is 15.1. The third-order valence-corrected chi connectivity index (χ3v) is 5.62. The average molecular weight is 370 g/mol. The minimum absolute atomic E-state index is 0.0298. The maximum Gasteiger partial charge on any atom is 0.261 e. The van der Waals surface area contributed by atoms with Crippen molar-refractivity contribution in [1.29, 1.82) is 0 Å². The lowest BCUT2D eigenvalue weighted by Gasteiger charge is -2.29. The van der Waals surface area contributed by atoms with Crippen molar-refractivity contribution in [3.8, 4) is 0 Å². The summed E-state index contributed by atoms with van der Waals surface area (Å²) in [5.74, 6) is -0.915. The summed E-state index contributed by atoms with van der Waals surface area (Å²) in [6.45, 7) is 1.80. The molecular weight excluding hydrogens is 352 g/mol. The highest BCUT2D eigenvalue weighted by molar-refractivity contribution is 7.15. The quantitative estimate of drug-likeness (QED) is 0.839. The van der Waals surface area contributed by atoms with Crippen LogP contribution in [0.4, 0.5) is 5.13 Å². The largest absolute Gasteiger partial charge is 0.296 e. The highest BCUT2D eigenvalue weighted by Crippen LogP contribution is 2.31. The molecule has 1 aromatic heterocycles. The number of nitrogens with zero attached hydrogens (tertiary/aromatic N) is 3. The van der Waals surface area contributed by atoms with Crippen molar-refractivity contribution in [2.45, 2.75) is 45.1 Å². The summed E-state index contributed by atoms with van der Waals surface area (Å²) in [4.78, 5) is 39.3. The first-order valence-electron chi connectivity index (χ1n) is 8.68. The highest BCUT2D eigenvalue weighted by Gasteiger charge is 2.40. The van der Waals surface area contributed by atoms with E-state index in [9.17, 15) is 14.4 Å². The van der Waals surface area contributed by atoms with Gasteiger partial charge in [0.1, 0.15) is 5.01 Å². The van der Waals surface area contributed by atoms with Crippen LogP contribution in [-0.2, 0) is 0 Å². The number of carbonyl (C=O) groups excluding carboxylic acids is 3. The van der Waals surface area contributed by atoms with E-state index in [4.69, 9.17) is 0 Å². The number of rotatable bonds is 3. The minimum Gasteiger partial charge on any atom is -0.296 e. The number of hydrogen-bond donors (Lipinski definition) is 1. The smallest absolute Gasteiger partial charge is 0.261 e. The Morgan fingerprint density at radius 1 is 1.12 bits per heavy atom. The Kier molecular flexibility index (Phi) is 4.28. The number of benzene rings is 1. The standard InChI is InChI=1S/C18H18N4O3S/c1-10-20-21-18(26-10)19-15(23)11-7-8-13-14(9-11)17(25)22(16(13)24)12-5-3-2-4-6-12/h7-9,12H,2-6H2,1H3,(H,19,21,23). The van der Waals surface area contributed by atoms with E-state index in [1.165, 1.54) is 22.3 Å². The second kappa shape index (κ2) is 6.60. The van der Waals surface area contributed by atoms with Gasteiger partial charge in [0, 0.05) is 11.6 Å². The van der Waals surface area contributed by atoms with E-state index in [-0.39, 0.29) is 23.8 Å². The Morgan fingerprint density at radius 2 is 1.85 bits per heavy atom. The molecule has 0 spiro atoms. The van der Waals surface area contributed by atoms with E-state index >= 15 is 0 Å². The van der Waals surface area contributed by atoms with Crippen LogP contribution in [0.1, 0.15) is 68.2 Å². The summed E-state index contributed by atoms with van der Waals surface area (Å²) in [5, 5.41) is 11.5. The Labute approximate surface area is 154 Å². The SMILES string of the molecule is Cc1nnc(NC(=O)c2ccc3c(c2)C(=O)N(C2CCCCC2)C3=O)s1. The van der Waals surface area contributed by atoms with E-state index in [0.717, 1.165) is 37.1 Å². The summed E-state index contributed by atoms with van der Waals surface area (Å²) in [5.41, 5.74) is 1.01. The Bertz CT molecular complexity index is 902. The van der Waals surface area contributed by atoms with Gasteiger partial charge in [0.05, 0.1) is 11.1 Å². The Morgan fingerprint density at radius 3 is 2.54 bits per heavy atom. The van der Waals surface area contributed by atoms with E-state index in [1.807, 2.05) is 0 Å². The summed E-state index contributed by atoms with van der Waals surface area (Å²) in [7, 11) is 0. The summed E-state index contributed by atoms with van der Waals surface area (Å²) in [6, 6.07) is 4.61. The van der Waals surface area contributed by atoms with Crippen molar-refractivity contribution in [2.24, 2.45) is 0 Å². The number of hydrogen-bond acceptors (Lipinski definition) is 6. The van der Waals surface area contributed by atoms with Gasteiger partial charge in [0.25, 0.3) is 17.7 Å². The number of carbonyl (C=O) groups is 3. The van der Waals surface area contributed by atoms with Gasteiger partial charge in [-0.2, -0.15) is 0 Å². The van der Waals surface area contributed by atoms with E-state index in [1.54, 1.807) is 19.1 Å². The molecule has 4 rings (SSSR count). The molecule has 1 aliphatic heterocycles. The third-order valence-electron chi connectivity index (χ3n) is 4.87. The zero-order valence-electron chi connectivity index (χ0n) is 14.3. The molecular formula is C18H18N4O3S. The number of imide groups is 1. The molecule has 1 aromatic carbocycles. The molecule has 3 amide bonds. The van der Waals surface area contributed by atoms with Gasteiger partial charge >= 0.3 is 0 Å². The van der Waals surface area contributed by atoms with Crippen molar-refractivity contribution in [2.75, 3.05) is 5.32 Å². The maximum absolute atomic E-state index is 12.8. The van der Waals surface area contributed by atoms with Crippen LogP contribution in [0.25, 0.3) is 0 Å². The number of anilines is 1. The van der Waals surface area contributed by atoms with Crippen LogP contribution in [-0.4, -0.2) is 38.9 Å². The molecule has 26 heavy (non-hydrogen) atoms. The topological polar surface area (TPSA) is 92.3 Å². The molecule has 0 saturated heterocycles. The van der Waals surface area contributed by atoms with Gasteiger partial charge in [-0.3, -0.25) is 24.6 Å². The van der Waals surface area contributed by atoms with Crippen molar-refractivity contribution in [3.63, 3.8) is 0 Å². The Balaban J connectivity index is 1.58. The van der Waals surface area contributed by atoms with Gasteiger partial charge in [-0.05, 0) is 38.0 Å². The molecule has 2 aliphatic rings. The van der Waals surface area contributed by atoms with Gasteiger partial charge < -0.3 is 0 Å². The molecule has 2 aromatic rings. The first kappa shape index (κ1) is 16.8. The second-order valence-corrected chi connectivity index (χ2v) is 7.79. The molecule has 0 unspecified atom stereocenters. The van der Waals surface area contributed by atoms with Gasteiger partial charge in [-0.1, -0.05) is 30.6 Å². The van der Waals surface area contributed by atoms with Crippen LogP contribution in [0.2, 0.25) is 0 Å². The molecule has 134 valence electrons. The molecule has 8 heteroatoms. The molecule has 7 nitrogen and oxygen atoms in total. The van der Waals surface area contributed by atoms with Crippen molar-refractivity contribution < 1.29 is 14.4 Å². The van der Waals surface area contributed by atoms with Crippen LogP contribution in [0.3, 0.4) is 0 Å². The molecule has 1 saturated carbocycles. The molecule has 1 N–H and O–H groups in total. The average Bonchev–Trinajstić information content (AvgIpc) is 3.16. The van der Waals surface area contributed by atoms with Crippen LogP contribution >= 0.6 is 11.3 Å². The maximum atomic E-state index is 12.8. The first-order valence-corrected chi connectivity index (χ1v) is 9.49. The fourth-order valence-corrected chi connectivity index (χ4v) is 4.17. The number of fused-ring (bicyclic) bond motifs is 1. The number of nitrogens with one attached hydrogen (secondary N) is 1. The van der Waals surface area contributed by atoms with Crippen molar-refractivity contribution in [1.82, 2.24) is 15.1 Å². The summed E-state index contributed by atoms with van der Waals surface area (Å²) in [6.07, 6.45) is 4.93. The molecule has 0 atom stereocenters. The van der Waals surface area contributed by atoms with E-state index < -0.39 is 0 Å². The van der Waals surface area contributed by atoms with E-state index in [2.05, 4.69) is 15.5 Å². The fraction of sp³-hybridized carbons (Fsp3) is 0.389. The van der Waals surface area contributed by atoms with Gasteiger partial charge in [-0.25, -0.2) is 0 Å². The van der Waals surface area contributed by atoms with E-state index in [0.29, 0.717) is 21.8 Å². The van der Waals surface area contributed by atoms with Gasteiger partial charge in [0.2, 0.25) is 5.13 Å². The lowest BCUT2D eigenvalue weighted by Crippen LogP contribution is -2.40. The molecule has 0 bridgehead atoms. The fourth-order valence-electron chi connectivity index (χ4n) is 3.59. The minimum atomic E-state index is -0.375.